The first-order valence-electron chi connectivity index (χ1n) is 13.7. The van der Waals surface area contributed by atoms with Crippen LogP contribution in [0.4, 0.5) is 13.2 Å². The summed E-state index contributed by atoms with van der Waals surface area (Å²) in [6.45, 7) is 2.79. The van der Waals surface area contributed by atoms with Crippen LogP contribution in [-0.2, 0) is 4.74 Å². The number of allylic oxidation sites excluding steroid dienone is 2. The van der Waals surface area contributed by atoms with E-state index in [1.165, 1.54) is 25.7 Å². The van der Waals surface area contributed by atoms with Crippen LogP contribution in [0.1, 0.15) is 69.1 Å². The fourth-order valence-electron chi connectivity index (χ4n) is 6.35. The summed E-state index contributed by atoms with van der Waals surface area (Å²) in [6, 6.07) is 15.8. The number of ether oxygens (including phenoxy) is 1. The van der Waals surface area contributed by atoms with Gasteiger partial charge in [-0.3, -0.25) is 0 Å². The monoisotopic (exact) mass is 502 g/mol. The molecule has 3 aromatic carbocycles. The first-order valence-corrected chi connectivity index (χ1v) is 13.7. The van der Waals surface area contributed by atoms with E-state index in [0.717, 1.165) is 53.7 Å². The van der Waals surface area contributed by atoms with Crippen molar-refractivity contribution in [3.8, 4) is 22.3 Å². The second kappa shape index (κ2) is 10.1. The molecule has 0 N–H and O–H groups in total. The number of halogens is 3. The lowest BCUT2D eigenvalue weighted by Crippen LogP contribution is -2.22. The molecule has 3 aliphatic rings. The van der Waals surface area contributed by atoms with Crippen LogP contribution < -0.4 is 0 Å². The molecule has 1 nitrogen and oxygen atoms in total. The van der Waals surface area contributed by atoms with Gasteiger partial charge in [-0.2, -0.15) is 0 Å². The highest BCUT2D eigenvalue weighted by Crippen LogP contribution is 2.42. The standard InChI is InChI=1S/C33H33F3O/c1-20-2-4-21(5-3-20)22-6-10-24(11-7-22)27-15-14-26(18-30(27)34)23-8-12-25(13-9-23)28-16-17-29(31-19-37-31)33(36)32(28)35/h8-10,12-18,20-22,31H,2-7,11,19H2,1H3. The van der Waals surface area contributed by atoms with Gasteiger partial charge in [-0.1, -0.05) is 74.4 Å². The molecule has 0 bridgehead atoms. The van der Waals surface area contributed by atoms with E-state index in [2.05, 4.69) is 13.0 Å². The van der Waals surface area contributed by atoms with Crippen molar-refractivity contribution < 1.29 is 17.9 Å². The Bertz CT molecular complexity index is 1310. The van der Waals surface area contributed by atoms with Gasteiger partial charge in [0.2, 0.25) is 0 Å². The van der Waals surface area contributed by atoms with Gasteiger partial charge >= 0.3 is 0 Å². The number of benzene rings is 3. The molecule has 2 aliphatic carbocycles. The van der Waals surface area contributed by atoms with Crippen molar-refractivity contribution in [2.45, 2.75) is 58.0 Å². The maximum absolute atomic E-state index is 15.2. The summed E-state index contributed by atoms with van der Waals surface area (Å²) >= 11 is 0. The number of hydrogen-bond acceptors (Lipinski definition) is 1. The topological polar surface area (TPSA) is 12.5 Å². The largest absolute Gasteiger partial charge is 0.368 e. The van der Waals surface area contributed by atoms with Crippen molar-refractivity contribution in [2.24, 2.45) is 17.8 Å². The Labute approximate surface area is 217 Å². The van der Waals surface area contributed by atoms with Gasteiger partial charge in [0.25, 0.3) is 0 Å². The highest BCUT2D eigenvalue weighted by Gasteiger charge is 2.30. The number of rotatable bonds is 5. The van der Waals surface area contributed by atoms with Gasteiger partial charge in [-0.05, 0) is 78.2 Å². The molecule has 2 unspecified atom stereocenters. The summed E-state index contributed by atoms with van der Waals surface area (Å²) in [4.78, 5) is 0. The van der Waals surface area contributed by atoms with Gasteiger partial charge in [0.15, 0.2) is 11.6 Å². The molecular formula is C33H33F3O. The zero-order chi connectivity index (χ0) is 25.5. The fraction of sp³-hybridized carbons (Fsp3) is 0.394. The Balaban J connectivity index is 1.16. The second-order valence-electron chi connectivity index (χ2n) is 11.2. The average molecular weight is 503 g/mol. The third-order valence-electron chi connectivity index (χ3n) is 8.82. The van der Waals surface area contributed by atoms with Crippen LogP contribution in [0.5, 0.6) is 0 Å². The van der Waals surface area contributed by atoms with Crippen LogP contribution in [0.15, 0.2) is 60.7 Å². The molecule has 0 amide bonds. The van der Waals surface area contributed by atoms with Crippen LogP contribution in [0.25, 0.3) is 27.8 Å². The maximum Gasteiger partial charge on any atom is 0.167 e. The molecule has 0 spiro atoms. The molecule has 4 heteroatoms. The summed E-state index contributed by atoms with van der Waals surface area (Å²) < 4.78 is 49.5. The molecule has 2 fully saturated rings. The predicted octanol–water partition coefficient (Wildman–Crippen LogP) is 9.52. The summed E-state index contributed by atoms with van der Waals surface area (Å²) in [5.74, 6) is 0.528. The lowest BCUT2D eigenvalue weighted by Gasteiger charge is -2.34. The molecule has 0 aromatic heterocycles. The molecule has 37 heavy (non-hydrogen) atoms. The Morgan fingerprint density at radius 1 is 0.703 bits per heavy atom. The normalized spacial score (nSPS) is 25.6. The van der Waals surface area contributed by atoms with Crippen LogP contribution in [0.3, 0.4) is 0 Å². The van der Waals surface area contributed by atoms with Crippen molar-refractivity contribution in [1.29, 1.82) is 0 Å². The van der Waals surface area contributed by atoms with Gasteiger partial charge in [0, 0.05) is 16.7 Å². The maximum atomic E-state index is 15.2. The van der Waals surface area contributed by atoms with Gasteiger partial charge in [-0.15, -0.1) is 0 Å². The molecule has 2 atom stereocenters. The molecule has 1 aliphatic heterocycles. The van der Waals surface area contributed by atoms with Gasteiger partial charge in [-0.25, -0.2) is 13.2 Å². The van der Waals surface area contributed by atoms with E-state index in [1.807, 2.05) is 24.3 Å². The Morgan fingerprint density at radius 2 is 1.38 bits per heavy atom. The van der Waals surface area contributed by atoms with E-state index in [0.29, 0.717) is 17.7 Å². The second-order valence-corrected chi connectivity index (χ2v) is 11.2. The minimum atomic E-state index is -0.864. The van der Waals surface area contributed by atoms with E-state index in [4.69, 9.17) is 4.74 Å². The first-order chi connectivity index (χ1) is 18.0. The molecule has 3 aromatic rings. The SMILES string of the molecule is CC1CCC(C2CC=C(c3ccc(-c4ccc(-c5ccc(C6CO6)c(F)c5F)cc4)cc3F)CC2)CC1. The molecule has 192 valence electrons. The van der Waals surface area contributed by atoms with Gasteiger partial charge in [0.05, 0.1) is 6.61 Å². The third kappa shape index (κ3) is 5.01. The molecule has 6 rings (SSSR count). The summed E-state index contributed by atoms with van der Waals surface area (Å²) in [6.07, 6.45) is 10.5. The van der Waals surface area contributed by atoms with Crippen LogP contribution in [-0.4, -0.2) is 6.61 Å². The van der Waals surface area contributed by atoms with Crippen LogP contribution >= 0.6 is 0 Å². The number of hydrogen-bond donors (Lipinski definition) is 0. The van der Waals surface area contributed by atoms with E-state index in [9.17, 15) is 8.78 Å². The molecular weight excluding hydrogens is 469 g/mol. The summed E-state index contributed by atoms with van der Waals surface area (Å²) in [5.41, 5.74) is 4.48. The Hall–Kier alpha value is -2.85. The predicted molar refractivity (Wildman–Crippen MR) is 142 cm³/mol. The smallest absolute Gasteiger partial charge is 0.167 e. The van der Waals surface area contributed by atoms with Crippen LogP contribution in [0, 0.1) is 35.2 Å². The van der Waals surface area contributed by atoms with Crippen molar-refractivity contribution >= 4 is 5.57 Å². The molecule has 1 saturated carbocycles. The summed E-state index contributed by atoms with van der Waals surface area (Å²) in [5, 5.41) is 0. The minimum Gasteiger partial charge on any atom is -0.368 e. The Kier molecular flexibility index (Phi) is 6.71. The number of epoxide rings is 1. The first kappa shape index (κ1) is 24.5. The van der Waals surface area contributed by atoms with Gasteiger partial charge in [0.1, 0.15) is 11.9 Å². The van der Waals surface area contributed by atoms with Crippen molar-refractivity contribution in [3.05, 3.63) is 89.3 Å². The van der Waals surface area contributed by atoms with Crippen LogP contribution in [0.2, 0.25) is 0 Å². The highest BCUT2D eigenvalue weighted by molar-refractivity contribution is 5.74. The summed E-state index contributed by atoms with van der Waals surface area (Å²) in [7, 11) is 0. The lowest BCUT2D eigenvalue weighted by molar-refractivity contribution is 0.202. The van der Waals surface area contributed by atoms with E-state index >= 15 is 4.39 Å². The lowest BCUT2D eigenvalue weighted by atomic mass is 9.71. The van der Waals surface area contributed by atoms with Crippen molar-refractivity contribution in [1.82, 2.24) is 0 Å². The fourth-order valence-corrected chi connectivity index (χ4v) is 6.35. The molecule has 1 heterocycles. The minimum absolute atomic E-state index is 0.205. The Morgan fingerprint density at radius 3 is 2.03 bits per heavy atom. The molecule has 0 radical (unpaired) electrons. The molecule has 1 saturated heterocycles. The highest BCUT2D eigenvalue weighted by atomic mass is 19.2. The zero-order valence-corrected chi connectivity index (χ0v) is 21.3. The quantitative estimate of drug-likeness (QED) is 0.317. The van der Waals surface area contributed by atoms with E-state index in [1.54, 1.807) is 30.3 Å². The van der Waals surface area contributed by atoms with Crippen molar-refractivity contribution in [2.75, 3.05) is 6.61 Å². The van der Waals surface area contributed by atoms with E-state index < -0.39 is 11.6 Å². The zero-order valence-electron chi connectivity index (χ0n) is 21.3. The van der Waals surface area contributed by atoms with Gasteiger partial charge < -0.3 is 4.74 Å². The third-order valence-corrected chi connectivity index (χ3v) is 8.82. The van der Waals surface area contributed by atoms with Crippen molar-refractivity contribution in [3.63, 3.8) is 0 Å². The van der Waals surface area contributed by atoms with E-state index in [-0.39, 0.29) is 23.0 Å². The average Bonchev–Trinajstić information content (AvgIpc) is 3.76.